The Hall–Kier alpha value is -0.830. The zero-order valence-corrected chi connectivity index (χ0v) is 14.6. The molecule has 1 unspecified atom stereocenters. The van der Waals surface area contributed by atoms with Crippen molar-refractivity contribution in [2.75, 3.05) is 7.05 Å². The number of nitrogens with one attached hydrogen (secondary N) is 1. The molecule has 0 aliphatic carbocycles. The molecule has 0 spiro atoms. The molecule has 0 bridgehead atoms. The third-order valence-corrected chi connectivity index (χ3v) is 4.58. The van der Waals surface area contributed by atoms with Crippen LogP contribution in [0.1, 0.15) is 33.9 Å². The van der Waals surface area contributed by atoms with Crippen LogP contribution in [0.5, 0.6) is 0 Å². The lowest BCUT2D eigenvalue weighted by atomic mass is 9.92. The summed E-state index contributed by atoms with van der Waals surface area (Å²) in [5.41, 5.74) is 6.29. The molecule has 0 saturated heterocycles. The van der Waals surface area contributed by atoms with Crippen LogP contribution in [0, 0.1) is 20.8 Å². The highest BCUT2D eigenvalue weighted by Crippen LogP contribution is 2.32. The summed E-state index contributed by atoms with van der Waals surface area (Å²) in [6.07, 6.45) is 0. The Morgan fingerprint density at radius 1 is 0.950 bits per heavy atom. The molecule has 2 aromatic carbocycles. The molecule has 0 saturated carbocycles. The van der Waals surface area contributed by atoms with E-state index in [-0.39, 0.29) is 6.04 Å². The Bertz CT molecular complexity index is 637. The number of hydrogen-bond acceptors (Lipinski definition) is 1. The van der Waals surface area contributed by atoms with Crippen LogP contribution in [0.25, 0.3) is 0 Å². The van der Waals surface area contributed by atoms with Crippen molar-refractivity contribution < 1.29 is 0 Å². The van der Waals surface area contributed by atoms with Gasteiger partial charge in [-0.1, -0.05) is 45.7 Å². The Balaban J connectivity index is 2.55. The summed E-state index contributed by atoms with van der Waals surface area (Å²) >= 11 is 9.86. The van der Waals surface area contributed by atoms with Gasteiger partial charge in [0.15, 0.2) is 0 Å². The van der Waals surface area contributed by atoms with E-state index in [1.807, 2.05) is 19.2 Å². The van der Waals surface area contributed by atoms with Gasteiger partial charge in [-0.05, 0) is 67.8 Å². The quantitative estimate of drug-likeness (QED) is 0.786. The molecule has 1 atom stereocenters. The number of rotatable bonds is 3. The minimum Gasteiger partial charge on any atom is -0.309 e. The Kier molecular flexibility index (Phi) is 4.90. The molecule has 1 N–H and O–H groups in total. The number of hydrogen-bond donors (Lipinski definition) is 1. The van der Waals surface area contributed by atoms with Gasteiger partial charge in [0.05, 0.1) is 6.04 Å². The highest BCUT2D eigenvalue weighted by molar-refractivity contribution is 9.10. The van der Waals surface area contributed by atoms with Crippen molar-refractivity contribution in [3.63, 3.8) is 0 Å². The molecule has 2 aromatic rings. The number of aryl methyl sites for hydroxylation is 3. The second kappa shape index (κ2) is 6.30. The van der Waals surface area contributed by atoms with Crippen molar-refractivity contribution in [2.45, 2.75) is 26.8 Å². The maximum absolute atomic E-state index is 6.41. The van der Waals surface area contributed by atoms with Gasteiger partial charge in [-0.15, -0.1) is 0 Å². The molecule has 3 heteroatoms. The molecule has 0 fully saturated rings. The summed E-state index contributed by atoms with van der Waals surface area (Å²) in [6, 6.07) is 10.6. The highest BCUT2D eigenvalue weighted by Gasteiger charge is 2.18. The predicted octanol–water partition coefficient (Wildman–Crippen LogP) is 5.34. The highest BCUT2D eigenvalue weighted by atomic mass is 79.9. The summed E-state index contributed by atoms with van der Waals surface area (Å²) in [5, 5.41) is 4.16. The molecule has 0 amide bonds. The van der Waals surface area contributed by atoms with Crippen LogP contribution < -0.4 is 5.32 Å². The van der Waals surface area contributed by atoms with Crippen molar-refractivity contribution in [2.24, 2.45) is 0 Å². The molecule has 106 valence electrons. The second-order valence-electron chi connectivity index (χ2n) is 5.18. The lowest BCUT2D eigenvalue weighted by Crippen LogP contribution is -2.19. The summed E-state index contributed by atoms with van der Waals surface area (Å²) in [6.45, 7) is 6.44. The lowest BCUT2D eigenvalue weighted by Gasteiger charge is -2.22. The zero-order chi connectivity index (χ0) is 14.9. The van der Waals surface area contributed by atoms with Gasteiger partial charge >= 0.3 is 0 Å². The van der Waals surface area contributed by atoms with Crippen molar-refractivity contribution in [3.8, 4) is 0 Å². The zero-order valence-electron chi connectivity index (χ0n) is 12.2. The van der Waals surface area contributed by atoms with Gasteiger partial charge in [0.1, 0.15) is 0 Å². The lowest BCUT2D eigenvalue weighted by molar-refractivity contribution is 0.686. The fraction of sp³-hybridized carbons (Fsp3) is 0.294. The van der Waals surface area contributed by atoms with Crippen molar-refractivity contribution in [1.29, 1.82) is 0 Å². The SMILES string of the molecule is CNC(c1cc(C)c(C)cc1C)c1ccc(Br)cc1Cl. The molecule has 0 radical (unpaired) electrons. The third kappa shape index (κ3) is 3.08. The molecule has 0 aliphatic rings. The fourth-order valence-electron chi connectivity index (χ4n) is 2.51. The van der Waals surface area contributed by atoms with Crippen molar-refractivity contribution in [1.82, 2.24) is 5.32 Å². The normalized spacial score (nSPS) is 12.5. The first-order valence-electron chi connectivity index (χ1n) is 6.64. The minimum atomic E-state index is 0.106. The van der Waals surface area contributed by atoms with Gasteiger partial charge in [-0.2, -0.15) is 0 Å². The average molecular weight is 353 g/mol. The van der Waals surface area contributed by atoms with Crippen LogP contribution in [0.2, 0.25) is 5.02 Å². The maximum Gasteiger partial charge on any atom is 0.0591 e. The van der Waals surface area contributed by atoms with Gasteiger partial charge in [-0.25, -0.2) is 0 Å². The van der Waals surface area contributed by atoms with Crippen molar-refractivity contribution >= 4 is 27.5 Å². The fourth-order valence-corrected chi connectivity index (χ4v) is 3.29. The topological polar surface area (TPSA) is 12.0 Å². The molecular formula is C17H19BrClN. The maximum atomic E-state index is 6.41. The Morgan fingerprint density at radius 3 is 2.20 bits per heavy atom. The van der Waals surface area contributed by atoms with E-state index < -0.39 is 0 Å². The monoisotopic (exact) mass is 351 g/mol. The molecule has 0 heterocycles. The summed E-state index contributed by atoms with van der Waals surface area (Å²) in [5.74, 6) is 0. The van der Waals surface area contributed by atoms with E-state index in [0.29, 0.717) is 0 Å². The van der Waals surface area contributed by atoms with E-state index in [9.17, 15) is 0 Å². The van der Waals surface area contributed by atoms with Crippen LogP contribution in [0.4, 0.5) is 0 Å². The number of benzene rings is 2. The van der Waals surface area contributed by atoms with Crippen LogP contribution in [0.15, 0.2) is 34.8 Å². The third-order valence-electron chi connectivity index (χ3n) is 3.76. The Morgan fingerprint density at radius 2 is 1.60 bits per heavy atom. The van der Waals surface area contributed by atoms with Gasteiger partial charge < -0.3 is 5.32 Å². The van der Waals surface area contributed by atoms with Crippen LogP contribution in [-0.2, 0) is 0 Å². The van der Waals surface area contributed by atoms with Gasteiger partial charge in [0, 0.05) is 9.50 Å². The summed E-state index contributed by atoms with van der Waals surface area (Å²) in [7, 11) is 1.97. The first-order valence-corrected chi connectivity index (χ1v) is 7.81. The van der Waals surface area contributed by atoms with E-state index in [1.54, 1.807) is 0 Å². The number of halogens is 2. The van der Waals surface area contributed by atoms with Crippen LogP contribution >= 0.6 is 27.5 Å². The Labute approximate surface area is 134 Å². The smallest absolute Gasteiger partial charge is 0.0591 e. The van der Waals surface area contributed by atoms with Crippen molar-refractivity contribution in [3.05, 3.63) is 67.6 Å². The minimum absolute atomic E-state index is 0.106. The standard InChI is InChI=1S/C17H19BrClN/c1-10-7-12(3)15(8-11(10)2)17(20-4)14-6-5-13(18)9-16(14)19/h5-9,17,20H,1-4H3. The molecule has 0 aliphatic heterocycles. The van der Waals surface area contributed by atoms with E-state index >= 15 is 0 Å². The summed E-state index contributed by atoms with van der Waals surface area (Å²) in [4.78, 5) is 0. The van der Waals surface area contributed by atoms with Gasteiger partial charge in [0.2, 0.25) is 0 Å². The largest absolute Gasteiger partial charge is 0.309 e. The molecular weight excluding hydrogens is 334 g/mol. The first-order chi connectivity index (χ1) is 9.43. The average Bonchev–Trinajstić information content (AvgIpc) is 2.38. The van der Waals surface area contributed by atoms with E-state index in [1.165, 1.54) is 22.3 Å². The second-order valence-corrected chi connectivity index (χ2v) is 6.50. The molecule has 20 heavy (non-hydrogen) atoms. The van der Waals surface area contributed by atoms with Crippen LogP contribution in [-0.4, -0.2) is 7.05 Å². The molecule has 1 nitrogen and oxygen atoms in total. The van der Waals surface area contributed by atoms with E-state index in [0.717, 1.165) is 15.1 Å². The van der Waals surface area contributed by atoms with Gasteiger partial charge in [-0.3, -0.25) is 0 Å². The molecule has 0 aromatic heterocycles. The van der Waals surface area contributed by atoms with E-state index in [4.69, 9.17) is 11.6 Å². The predicted molar refractivity (Wildman–Crippen MR) is 90.7 cm³/mol. The molecule has 2 rings (SSSR count). The first kappa shape index (κ1) is 15.6. The van der Waals surface area contributed by atoms with Gasteiger partial charge in [0.25, 0.3) is 0 Å². The summed E-state index contributed by atoms with van der Waals surface area (Å²) < 4.78 is 0.998. The van der Waals surface area contributed by atoms with E-state index in [2.05, 4.69) is 60.2 Å². The van der Waals surface area contributed by atoms with Crippen LogP contribution in [0.3, 0.4) is 0 Å².